The average Bonchev–Trinajstić information content (AvgIpc) is 3.22. The van der Waals surface area contributed by atoms with Gasteiger partial charge in [-0.2, -0.15) is 5.10 Å². The van der Waals surface area contributed by atoms with E-state index in [-0.39, 0.29) is 11.7 Å². The van der Waals surface area contributed by atoms with E-state index in [1.54, 1.807) is 52.8 Å². The molecule has 0 fully saturated rings. The third-order valence-corrected chi connectivity index (χ3v) is 3.87. The van der Waals surface area contributed by atoms with Gasteiger partial charge in [-0.3, -0.25) is 9.20 Å². The van der Waals surface area contributed by atoms with Crippen molar-refractivity contribution in [2.45, 2.75) is 6.92 Å². The number of carbonyl (C=O) groups excluding carboxylic acids is 1. The summed E-state index contributed by atoms with van der Waals surface area (Å²) < 4.78 is 16.4. The summed E-state index contributed by atoms with van der Waals surface area (Å²) in [5.41, 5.74) is 2.45. The van der Waals surface area contributed by atoms with Crippen molar-refractivity contribution in [1.82, 2.24) is 19.2 Å². The molecule has 0 atom stereocenters. The quantitative estimate of drug-likeness (QED) is 0.625. The summed E-state index contributed by atoms with van der Waals surface area (Å²) in [6.45, 7) is 1.81. The van der Waals surface area contributed by atoms with Gasteiger partial charge in [-0.1, -0.05) is 6.07 Å². The minimum Gasteiger partial charge on any atom is -0.306 e. The van der Waals surface area contributed by atoms with Gasteiger partial charge in [0.25, 0.3) is 5.91 Å². The van der Waals surface area contributed by atoms with E-state index in [0.717, 1.165) is 11.2 Å². The first-order valence-electron chi connectivity index (χ1n) is 7.67. The predicted molar refractivity (Wildman–Crippen MR) is 91.4 cm³/mol. The Morgan fingerprint density at radius 2 is 1.96 bits per heavy atom. The number of amides is 1. The van der Waals surface area contributed by atoms with Crippen LogP contribution in [-0.4, -0.2) is 25.1 Å². The van der Waals surface area contributed by atoms with Gasteiger partial charge in [0.1, 0.15) is 17.3 Å². The smallest absolute Gasteiger partial charge is 0.277 e. The van der Waals surface area contributed by atoms with Gasteiger partial charge < -0.3 is 5.32 Å². The minimum absolute atomic E-state index is 0.307. The maximum atomic E-state index is 13.1. The lowest BCUT2D eigenvalue weighted by atomic mass is 10.2. The van der Waals surface area contributed by atoms with Crippen LogP contribution in [0.1, 0.15) is 16.1 Å². The van der Waals surface area contributed by atoms with Crippen LogP contribution < -0.4 is 5.32 Å². The summed E-state index contributed by atoms with van der Waals surface area (Å²) in [6.07, 6.45) is 5.17. The molecule has 1 N–H and O–H groups in total. The third kappa shape index (κ3) is 2.76. The molecule has 0 spiro atoms. The van der Waals surface area contributed by atoms with Crippen molar-refractivity contribution in [3.05, 3.63) is 78.1 Å². The number of benzene rings is 1. The summed E-state index contributed by atoms with van der Waals surface area (Å²) in [6, 6.07) is 11.4. The number of fused-ring (bicyclic) bond motifs is 1. The highest BCUT2D eigenvalue weighted by atomic mass is 19.1. The second kappa shape index (κ2) is 5.86. The normalized spacial score (nSPS) is 11.0. The Kier molecular flexibility index (Phi) is 3.53. The van der Waals surface area contributed by atoms with Crippen LogP contribution in [0.3, 0.4) is 0 Å². The Morgan fingerprint density at radius 3 is 2.76 bits per heavy atom. The van der Waals surface area contributed by atoms with Crippen LogP contribution in [0, 0.1) is 12.7 Å². The molecule has 25 heavy (non-hydrogen) atoms. The lowest BCUT2D eigenvalue weighted by Gasteiger charge is -2.06. The van der Waals surface area contributed by atoms with E-state index in [9.17, 15) is 9.18 Å². The number of nitrogens with one attached hydrogen (secondary N) is 1. The zero-order valence-corrected chi connectivity index (χ0v) is 13.3. The van der Waals surface area contributed by atoms with Crippen LogP contribution in [0.5, 0.6) is 0 Å². The average molecular weight is 335 g/mol. The molecule has 3 aromatic heterocycles. The standard InChI is InChI=1S/C18H14FN5O/c1-12-11-24(14-7-5-13(19)6-8-14)22-17(12)18(25)21-16-4-2-3-15-20-9-10-23(15)16/h2-11H,1H3,(H,21,25). The van der Waals surface area contributed by atoms with Gasteiger partial charge in [0.2, 0.25) is 0 Å². The molecule has 4 aromatic rings. The van der Waals surface area contributed by atoms with Crippen molar-refractivity contribution in [3.63, 3.8) is 0 Å². The highest BCUT2D eigenvalue weighted by molar-refractivity contribution is 6.03. The second-order valence-corrected chi connectivity index (χ2v) is 5.60. The number of carbonyl (C=O) groups is 1. The van der Waals surface area contributed by atoms with Gasteiger partial charge in [-0.15, -0.1) is 0 Å². The van der Waals surface area contributed by atoms with Crippen LogP contribution in [0.2, 0.25) is 0 Å². The van der Waals surface area contributed by atoms with Crippen LogP contribution in [0.4, 0.5) is 10.2 Å². The number of nitrogens with zero attached hydrogens (tertiary/aromatic N) is 4. The maximum Gasteiger partial charge on any atom is 0.277 e. The number of hydrogen-bond acceptors (Lipinski definition) is 3. The molecule has 1 amide bonds. The number of aromatic nitrogens is 4. The second-order valence-electron chi connectivity index (χ2n) is 5.60. The summed E-state index contributed by atoms with van der Waals surface area (Å²) in [4.78, 5) is 16.8. The molecular weight excluding hydrogens is 321 g/mol. The molecule has 0 saturated heterocycles. The molecule has 0 aliphatic rings. The SMILES string of the molecule is Cc1cn(-c2ccc(F)cc2)nc1C(=O)Nc1cccc2nccn12. The first-order valence-corrected chi connectivity index (χ1v) is 7.67. The van der Waals surface area contributed by atoms with Crippen molar-refractivity contribution in [2.24, 2.45) is 0 Å². The molecule has 1 aromatic carbocycles. The molecule has 0 bridgehead atoms. The molecule has 6 nitrogen and oxygen atoms in total. The Bertz CT molecular complexity index is 1060. The van der Waals surface area contributed by atoms with Gasteiger partial charge in [0, 0.05) is 24.2 Å². The number of imidazole rings is 1. The maximum absolute atomic E-state index is 13.1. The Balaban J connectivity index is 1.64. The van der Waals surface area contributed by atoms with Crippen molar-refractivity contribution < 1.29 is 9.18 Å². The van der Waals surface area contributed by atoms with E-state index in [1.165, 1.54) is 12.1 Å². The van der Waals surface area contributed by atoms with Crippen molar-refractivity contribution in [1.29, 1.82) is 0 Å². The summed E-state index contributed by atoms with van der Waals surface area (Å²) in [7, 11) is 0. The Hall–Kier alpha value is -3.48. The largest absolute Gasteiger partial charge is 0.306 e. The molecule has 0 saturated carbocycles. The zero-order valence-electron chi connectivity index (χ0n) is 13.3. The zero-order chi connectivity index (χ0) is 17.4. The van der Waals surface area contributed by atoms with Crippen LogP contribution in [0.15, 0.2) is 61.1 Å². The van der Waals surface area contributed by atoms with E-state index < -0.39 is 0 Å². The molecule has 3 heterocycles. The van der Waals surface area contributed by atoms with Crippen molar-refractivity contribution >= 4 is 17.4 Å². The topological polar surface area (TPSA) is 64.2 Å². The summed E-state index contributed by atoms with van der Waals surface area (Å²) in [5, 5.41) is 7.18. The summed E-state index contributed by atoms with van der Waals surface area (Å²) in [5.74, 6) is -0.0330. The van der Waals surface area contributed by atoms with Gasteiger partial charge in [0.15, 0.2) is 5.69 Å². The lowest BCUT2D eigenvalue weighted by Crippen LogP contribution is -2.16. The van der Waals surface area contributed by atoms with E-state index in [4.69, 9.17) is 0 Å². The third-order valence-electron chi connectivity index (χ3n) is 3.87. The molecule has 124 valence electrons. The number of hydrogen-bond donors (Lipinski definition) is 1. The first-order chi connectivity index (χ1) is 12.1. The van der Waals surface area contributed by atoms with E-state index in [0.29, 0.717) is 17.2 Å². The highest BCUT2D eigenvalue weighted by Gasteiger charge is 2.16. The fraction of sp³-hybridized carbons (Fsp3) is 0.0556. The van der Waals surface area contributed by atoms with E-state index >= 15 is 0 Å². The summed E-state index contributed by atoms with van der Waals surface area (Å²) >= 11 is 0. The lowest BCUT2D eigenvalue weighted by molar-refractivity contribution is 0.102. The van der Waals surface area contributed by atoms with Gasteiger partial charge >= 0.3 is 0 Å². The molecule has 7 heteroatoms. The van der Waals surface area contributed by atoms with Crippen molar-refractivity contribution in [2.75, 3.05) is 5.32 Å². The number of anilines is 1. The number of pyridine rings is 1. The van der Waals surface area contributed by atoms with Gasteiger partial charge in [-0.25, -0.2) is 14.1 Å². The predicted octanol–water partition coefficient (Wildman–Crippen LogP) is 3.22. The van der Waals surface area contributed by atoms with Crippen LogP contribution in [-0.2, 0) is 0 Å². The highest BCUT2D eigenvalue weighted by Crippen LogP contribution is 2.16. The fourth-order valence-corrected chi connectivity index (χ4v) is 2.64. The van der Waals surface area contributed by atoms with Gasteiger partial charge in [0.05, 0.1) is 5.69 Å². The minimum atomic E-state index is -0.320. The van der Waals surface area contributed by atoms with Crippen LogP contribution in [0.25, 0.3) is 11.3 Å². The monoisotopic (exact) mass is 335 g/mol. The number of aryl methyl sites for hydroxylation is 1. The number of halogens is 1. The van der Waals surface area contributed by atoms with Crippen molar-refractivity contribution in [3.8, 4) is 5.69 Å². The molecule has 4 rings (SSSR count). The van der Waals surface area contributed by atoms with E-state index in [1.807, 2.05) is 12.1 Å². The molecule has 0 radical (unpaired) electrons. The molecule has 0 unspecified atom stereocenters. The Morgan fingerprint density at radius 1 is 1.16 bits per heavy atom. The fourth-order valence-electron chi connectivity index (χ4n) is 2.64. The first kappa shape index (κ1) is 15.1. The van der Waals surface area contributed by atoms with E-state index in [2.05, 4.69) is 15.4 Å². The van der Waals surface area contributed by atoms with Gasteiger partial charge in [-0.05, 0) is 43.3 Å². The molecule has 0 aliphatic heterocycles. The molecular formula is C18H14FN5O. The Labute approximate surface area is 142 Å². The van der Waals surface area contributed by atoms with Crippen LogP contribution >= 0.6 is 0 Å². The molecule has 0 aliphatic carbocycles. The number of rotatable bonds is 3.